The summed E-state index contributed by atoms with van der Waals surface area (Å²) < 4.78 is 0. The molecule has 2 heteroatoms. The molecule has 0 bridgehead atoms. The van der Waals surface area contributed by atoms with Crippen molar-refractivity contribution in [2.45, 2.75) is 0 Å². The number of anilines is 1. The molecule has 1 saturated heterocycles. The molecule has 0 aliphatic carbocycles. The Hall–Kier alpha value is -1.80. The maximum absolute atomic E-state index is 3.38. The Morgan fingerprint density at radius 3 is 2.39 bits per heavy atom. The van der Waals surface area contributed by atoms with Gasteiger partial charge in [0.2, 0.25) is 0 Å². The Labute approximate surface area is 108 Å². The van der Waals surface area contributed by atoms with Crippen LogP contribution < -0.4 is 10.2 Å². The van der Waals surface area contributed by atoms with Crippen LogP contribution in [0.15, 0.2) is 48.5 Å². The molecule has 3 rings (SSSR count). The smallest absolute Gasteiger partial charge is 0.0367 e. The van der Waals surface area contributed by atoms with E-state index in [1.54, 1.807) is 0 Å². The molecular formula is C16H17N2. The molecule has 1 aliphatic heterocycles. The molecule has 1 fully saturated rings. The lowest BCUT2D eigenvalue weighted by Crippen LogP contribution is -2.43. The van der Waals surface area contributed by atoms with E-state index in [2.05, 4.69) is 46.6 Å². The average molecular weight is 237 g/mol. The van der Waals surface area contributed by atoms with E-state index in [1.165, 1.54) is 16.8 Å². The molecule has 0 saturated carbocycles. The van der Waals surface area contributed by atoms with Crippen molar-refractivity contribution in [1.82, 2.24) is 5.32 Å². The predicted octanol–water partition coefficient (Wildman–Crippen LogP) is 2.56. The average Bonchev–Trinajstić information content (AvgIpc) is 2.49. The second-order valence-corrected chi connectivity index (χ2v) is 4.58. The van der Waals surface area contributed by atoms with Crippen molar-refractivity contribution in [3.63, 3.8) is 0 Å². The van der Waals surface area contributed by atoms with E-state index in [0.29, 0.717) is 0 Å². The molecule has 0 atom stereocenters. The third kappa shape index (κ3) is 2.39. The highest BCUT2D eigenvalue weighted by atomic mass is 15.2. The summed E-state index contributed by atoms with van der Waals surface area (Å²) in [6.45, 7) is 4.35. The van der Waals surface area contributed by atoms with E-state index in [0.717, 1.165) is 26.2 Å². The second-order valence-electron chi connectivity index (χ2n) is 4.58. The number of hydrogen-bond acceptors (Lipinski definition) is 2. The highest BCUT2D eigenvalue weighted by Gasteiger charge is 2.09. The highest BCUT2D eigenvalue weighted by molar-refractivity contribution is 5.66. The standard InChI is InChI=1S/C16H17N2/c1-2-4-14(5-3-1)15-6-8-16(9-7-15)18-12-10-17-11-13-18/h1-2,4-9,17H,10-13H2. The third-order valence-electron chi connectivity index (χ3n) is 3.39. The van der Waals surface area contributed by atoms with Gasteiger partial charge in [0.1, 0.15) is 0 Å². The van der Waals surface area contributed by atoms with Crippen LogP contribution in [-0.2, 0) is 0 Å². The number of nitrogens with one attached hydrogen (secondary N) is 1. The molecule has 2 aromatic carbocycles. The van der Waals surface area contributed by atoms with Gasteiger partial charge >= 0.3 is 0 Å². The SMILES string of the molecule is [c]1cccc(-c2ccc(N3CCNCC3)cc2)c1. The van der Waals surface area contributed by atoms with E-state index in [4.69, 9.17) is 0 Å². The normalized spacial score (nSPS) is 15.7. The summed E-state index contributed by atoms with van der Waals surface area (Å²) in [4.78, 5) is 2.43. The zero-order valence-electron chi connectivity index (χ0n) is 10.4. The number of rotatable bonds is 2. The first kappa shape index (κ1) is 11.3. The van der Waals surface area contributed by atoms with Crippen LogP contribution in [0.5, 0.6) is 0 Å². The van der Waals surface area contributed by atoms with Crippen molar-refractivity contribution in [1.29, 1.82) is 0 Å². The molecule has 0 amide bonds. The third-order valence-corrected chi connectivity index (χ3v) is 3.39. The van der Waals surface area contributed by atoms with Crippen molar-refractivity contribution >= 4 is 5.69 Å². The molecule has 2 nitrogen and oxygen atoms in total. The Kier molecular flexibility index (Phi) is 3.29. The molecule has 2 aromatic rings. The molecule has 1 aliphatic rings. The summed E-state index contributed by atoms with van der Waals surface area (Å²) in [7, 11) is 0. The van der Waals surface area contributed by atoms with Gasteiger partial charge in [0.05, 0.1) is 0 Å². The number of nitrogens with zero attached hydrogens (tertiary/aromatic N) is 1. The van der Waals surface area contributed by atoms with Crippen LogP contribution in [0.3, 0.4) is 0 Å². The first-order valence-corrected chi connectivity index (χ1v) is 6.46. The van der Waals surface area contributed by atoms with Crippen molar-refractivity contribution in [2.75, 3.05) is 31.1 Å². The molecule has 0 aromatic heterocycles. The topological polar surface area (TPSA) is 15.3 Å². The molecule has 0 unspecified atom stereocenters. The van der Waals surface area contributed by atoms with Gasteiger partial charge in [-0.1, -0.05) is 30.3 Å². The van der Waals surface area contributed by atoms with Crippen LogP contribution in [0.25, 0.3) is 11.1 Å². The van der Waals surface area contributed by atoms with Gasteiger partial charge in [-0.3, -0.25) is 0 Å². The fraction of sp³-hybridized carbons (Fsp3) is 0.250. The zero-order chi connectivity index (χ0) is 12.2. The van der Waals surface area contributed by atoms with Gasteiger partial charge in [0.15, 0.2) is 0 Å². The molecule has 91 valence electrons. The van der Waals surface area contributed by atoms with Crippen LogP contribution in [0.2, 0.25) is 0 Å². The predicted molar refractivity (Wildman–Crippen MR) is 75.8 cm³/mol. The minimum Gasteiger partial charge on any atom is -0.369 e. The minimum atomic E-state index is 1.08. The molecule has 18 heavy (non-hydrogen) atoms. The van der Waals surface area contributed by atoms with Gasteiger partial charge in [0.25, 0.3) is 0 Å². The Morgan fingerprint density at radius 2 is 1.72 bits per heavy atom. The van der Waals surface area contributed by atoms with E-state index in [9.17, 15) is 0 Å². The van der Waals surface area contributed by atoms with E-state index < -0.39 is 0 Å². The Balaban J connectivity index is 1.80. The Bertz CT molecular complexity index is 484. The van der Waals surface area contributed by atoms with Gasteiger partial charge in [-0.25, -0.2) is 0 Å². The number of hydrogen-bond donors (Lipinski definition) is 1. The van der Waals surface area contributed by atoms with Crippen LogP contribution in [0.1, 0.15) is 0 Å². The Morgan fingerprint density at radius 1 is 0.944 bits per heavy atom. The lowest BCUT2D eigenvalue weighted by atomic mass is 10.1. The number of benzene rings is 2. The zero-order valence-corrected chi connectivity index (χ0v) is 10.4. The summed E-state index contributed by atoms with van der Waals surface area (Å²) >= 11 is 0. The van der Waals surface area contributed by atoms with Crippen LogP contribution in [0, 0.1) is 6.07 Å². The van der Waals surface area contributed by atoms with Crippen molar-refractivity contribution < 1.29 is 0 Å². The second kappa shape index (κ2) is 5.23. The van der Waals surface area contributed by atoms with Gasteiger partial charge in [-0.15, -0.1) is 0 Å². The lowest BCUT2D eigenvalue weighted by Gasteiger charge is -2.29. The lowest BCUT2D eigenvalue weighted by molar-refractivity contribution is 0.589. The fourth-order valence-electron chi connectivity index (χ4n) is 2.36. The number of piperazine rings is 1. The van der Waals surface area contributed by atoms with E-state index >= 15 is 0 Å². The van der Waals surface area contributed by atoms with Gasteiger partial charge in [-0.05, 0) is 35.4 Å². The summed E-state index contributed by atoms with van der Waals surface area (Å²) in [5.41, 5.74) is 3.80. The maximum Gasteiger partial charge on any atom is 0.0367 e. The van der Waals surface area contributed by atoms with Crippen LogP contribution in [0.4, 0.5) is 5.69 Å². The molecule has 1 N–H and O–H groups in total. The summed E-state index contributed by atoms with van der Waals surface area (Å²) in [5.74, 6) is 0. The summed E-state index contributed by atoms with van der Waals surface area (Å²) in [6.07, 6.45) is 0. The largest absolute Gasteiger partial charge is 0.369 e. The molecule has 1 radical (unpaired) electrons. The van der Waals surface area contributed by atoms with Gasteiger partial charge < -0.3 is 10.2 Å². The summed E-state index contributed by atoms with van der Waals surface area (Å²) in [6, 6.07) is 20.0. The maximum atomic E-state index is 3.38. The summed E-state index contributed by atoms with van der Waals surface area (Å²) in [5, 5.41) is 3.38. The van der Waals surface area contributed by atoms with Crippen molar-refractivity contribution in [3.05, 3.63) is 54.6 Å². The van der Waals surface area contributed by atoms with E-state index in [1.807, 2.05) is 18.2 Å². The molecular weight excluding hydrogens is 220 g/mol. The van der Waals surface area contributed by atoms with Gasteiger partial charge in [0, 0.05) is 31.9 Å². The van der Waals surface area contributed by atoms with Crippen molar-refractivity contribution in [3.8, 4) is 11.1 Å². The molecule has 0 spiro atoms. The minimum absolute atomic E-state index is 1.08. The molecule has 1 heterocycles. The first-order chi connectivity index (χ1) is 8.93. The first-order valence-electron chi connectivity index (χ1n) is 6.46. The highest BCUT2D eigenvalue weighted by Crippen LogP contribution is 2.22. The van der Waals surface area contributed by atoms with E-state index in [-0.39, 0.29) is 0 Å². The van der Waals surface area contributed by atoms with Crippen LogP contribution >= 0.6 is 0 Å². The monoisotopic (exact) mass is 237 g/mol. The quantitative estimate of drug-likeness (QED) is 0.863. The van der Waals surface area contributed by atoms with Crippen LogP contribution in [-0.4, -0.2) is 26.2 Å². The fourth-order valence-corrected chi connectivity index (χ4v) is 2.36. The van der Waals surface area contributed by atoms with Gasteiger partial charge in [-0.2, -0.15) is 0 Å². The van der Waals surface area contributed by atoms with Crippen molar-refractivity contribution in [2.24, 2.45) is 0 Å².